The van der Waals surface area contributed by atoms with E-state index in [1.54, 1.807) is 13.2 Å². The van der Waals surface area contributed by atoms with Crippen LogP contribution in [0.25, 0.3) is 0 Å². The van der Waals surface area contributed by atoms with Crippen molar-refractivity contribution in [3.8, 4) is 0 Å². The van der Waals surface area contributed by atoms with Gasteiger partial charge in [-0.2, -0.15) is 0 Å². The van der Waals surface area contributed by atoms with Crippen LogP contribution in [-0.4, -0.2) is 45.4 Å². The van der Waals surface area contributed by atoms with Gasteiger partial charge in [-0.3, -0.25) is 4.79 Å². The van der Waals surface area contributed by atoms with Crippen molar-refractivity contribution < 1.29 is 14.3 Å². The Balaban J connectivity index is 3.30. The maximum absolute atomic E-state index is 11.3. The molecule has 0 fully saturated rings. The van der Waals surface area contributed by atoms with E-state index in [0.717, 1.165) is 6.42 Å². The SMILES string of the molecule is C=CCC(N)C(=O)NCCCOCCOC. The molecule has 5 heteroatoms. The zero-order chi connectivity index (χ0) is 12.2. The number of ether oxygens (including phenoxy) is 2. The summed E-state index contributed by atoms with van der Waals surface area (Å²) in [4.78, 5) is 11.3. The Hall–Kier alpha value is -0.910. The molecule has 5 nitrogen and oxygen atoms in total. The second-order valence-electron chi connectivity index (χ2n) is 3.38. The van der Waals surface area contributed by atoms with Gasteiger partial charge in [0.05, 0.1) is 19.3 Å². The molecule has 0 aromatic rings. The van der Waals surface area contributed by atoms with Crippen LogP contribution in [0.5, 0.6) is 0 Å². The molecule has 0 saturated heterocycles. The average molecular weight is 230 g/mol. The van der Waals surface area contributed by atoms with E-state index in [-0.39, 0.29) is 5.91 Å². The van der Waals surface area contributed by atoms with Crippen LogP contribution in [0.2, 0.25) is 0 Å². The summed E-state index contributed by atoms with van der Waals surface area (Å²) in [5, 5.41) is 2.74. The van der Waals surface area contributed by atoms with Crippen LogP contribution >= 0.6 is 0 Å². The number of carbonyl (C=O) groups is 1. The van der Waals surface area contributed by atoms with Gasteiger partial charge in [0, 0.05) is 20.3 Å². The Bertz CT molecular complexity index is 198. The van der Waals surface area contributed by atoms with Gasteiger partial charge < -0.3 is 20.5 Å². The molecule has 0 spiro atoms. The van der Waals surface area contributed by atoms with E-state index in [1.165, 1.54) is 0 Å². The Morgan fingerprint density at radius 2 is 2.25 bits per heavy atom. The maximum Gasteiger partial charge on any atom is 0.237 e. The van der Waals surface area contributed by atoms with Gasteiger partial charge in [0.1, 0.15) is 0 Å². The van der Waals surface area contributed by atoms with Gasteiger partial charge in [-0.1, -0.05) is 6.08 Å². The maximum atomic E-state index is 11.3. The van der Waals surface area contributed by atoms with Crippen molar-refractivity contribution in [3.63, 3.8) is 0 Å². The van der Waals surface area contributed by atoms with E-state index in [2.05, 4.69) is 11.9 Å². The molecule has 0 aromatic carbocycles. The Labute approximate surface area is 97.0 Å². The molecule has 0 aliphatic rings. The Morgan fingerprint density at radius 1 is 1.50 bits per heavy atom. The van der Waals surface area contributed by atoms with Crippen molar-refractivity contribution in [2.75, 3.05) is 33.5 Å². The molecule has 0 radical (unpaired) electrons. The zero-order valence-corrected chi connectivity index (χ0v) is 9.91. The van der Waals surface area contributed by atoms with Crippen molar-refractivity contribution in [3.05, 3.63) is 12.7 Å². The molecule has 94 valence electrons. The molecular weight excluding hydrogens is 208 g/mol. The third-order valence-electron chi connectivity index (χ3n) is 1.95. The fraction of sp³-hybridized carbons (Fsp3) is 0.727. The van der Waals surface area contributed by atoms with Crippen molar-refractivity contribution in [2.45, 2.75) is 18.9 Å². The summed E-state index contributed by atoms with van der Waals surface area (Å²) < 4.78 is 10.1. The molecule has 1 unspecified atom stereocenters. The van der Waals surface area contributed by atoms with E-state index in [9.17, 15) is 4.79 Å². The van der Waals surface area contributed by atoms with Crippen LogP contribution in [0.4, 0.5) is 0 Å². The number of amides is 1. The zero-order valence-electron chi connectivity index (χ0n) is 9.91. The number of nitrogens with two attached hydrogens (primary N) is 1. The highest BCUT2D eigenvalue weighted by Gasteiger charge is 2.09. The molecule has 16 heavy (non-hydrogen) atoms. The lowest BCUT2D eigenvalue weighted by Crippen LogP contribution is -2.40. The topological polar surface area (TPSA) is 73.6 Å². The second-order valence-corrected chi connectivity index (χ2v) is 3.38. The molecule has 0 saturated carbocycles. The lowest BCUT2D eigenvalue weighted by atomic mass is 10.2. The Morgan fingerprint density at radius 3 is 2.88 bits per heavy atom. The summed E-state index contributed by atoms with van der Waals surface area (Å²) in [6.45, 7) is 5.90. The number of rotatable bonds is 10. The first-order chi connectivity index (χ1) is 7.72. The monoisotopic (exact) mass is 230 g/mol. The quantitative estimate of drug-likeness (QED) is 0.411. The summed E-state index contributed by atoms with van der Waals surface area (Å²) in [7, 11) is 1.63. The van der Waals surface area contributed by atoms with E-state index < -0.39 is 6.04 Å². The molecule has 1 atom stereocenters. The number of hydrogen-bond acceptors (Lipinski definition) is 4. The number of carbonyl (C=O) groups excluding carboxylic acids is 1. The minimum absolute atomic E-state index is 0.142. The molecule has 1 amide bonds. The van der Waals surface area contributed by atoms with Gasteiger partial charge in [-0.15, -0.1) is 6.58 Å². The average Bonchev–Trinajstić information content (AvgIpc) is 2.28. The molecule has 0 aromatic heterocycles. The molecule has 0 aliphatic heterocycles. The highest BCUT2D eigenvalue weighted by atomic mass is 16.5. The molecule has 0 bridgehead atoms. The highest BCUT2D eigenvalue weighted by Crippen LogP contribution is 1.89. The van der Waals surface area contributed by atoms with Crippen molar-refractivity contribution in [1.82, 2.24) is 5.32 Å². The summed E-state index contributed by atoms with van der Waals surface area (Å²) >= 11 is 0. The molecular formula is C11H22N2O3. The standard InChI is InChI=1S/C11H22N2O3/c1-3-5-10(12)11(14)13-6-4-7-16-9-8-15-2/h3,10H,1,4-9,12H2,2H3,(H,13,14). The van der Waals surface area contributed by atoms with Crippen LogP contribution in [0.1, 0.15) is 12.8 Å². The fourth-order valence-corrected chi connectivity index (χ4v) is 1.05. The summed E-state index contributed by atoms with van der Waals surface area (Å²) in [5.41, 5.74) is 5.58. The van der Waals surface area contributed by atoms with Crippen molar-refractivity contribution >= 4 is 5.91 Å². The Kier molecular flexibility index (Phi) is 10.00. The van der Waals surface area contributed by atoms with Crippen LogP contribution in [-0.2, 0) is 14.3 Å². The molecule has 0 rings (SSSR count). The van der Waals surface area contributed by atoms with Crippen molar-refractivity contribution in [2.24, 2.45) is 5.73 Å². The lowest BCUT2D eigenvalue weighted by molar-refractivity contribution is -0.122. The number of hydrogen-bond donors (Lipinski definition) is 2. The minimum Gasteiger partial charge on any atom is -0.382 e. The van der Waals surface area contributed by atoms with Gasteiger partial charge in [0.15, 0.2) is 0 Å². The number of nitrogens with one attached hydrogen (secondary N) is 1. The first-order valence-electron chi connectivity index (χ1n) is 5.43. The van der Waals surface area contributed by atoms with Gasteiger partial charge in [-0.05, 0) is 12.8 Å². The van der Waals surface area contributed by atoms with Gasteiger partial charge >= 0.3 is 0 Å². The first kappa shape index (κ1) is 15.1. The largest absolute Gasteiger partial charge is 0.382 e. The summed E-state index contributed by atoms with van der Waals surface area (Å²) in [5.74, 6) is -0.142. The van der Waals surface area contributed by atoms with Crippen LogP contribution in [0.15, 0.2) is 12.7 Å². The van der Waals surface area contributed by atoms with E-state index in [1.807, 2.05) is 0 Å². The predicted octanol–water partition coefficient (Wildman–Crippen LogP) is 0.0591. The summed E-state index contributed by atoms with van der Waals surface area (Å²) in [6.07, 6.45) is 2.91. The van der Waals surface area contributed by atoms with Gasteiger partial charge in [0.25, 0.3) is 0 Å². The van der Waals surface area contributed by atoms with Crippen LogP contribution < -0.4 is 11.1 Å². The molecule has 0 heterocycles. The van der Waals surface area contributed by atoms with Crippen LogP contribution in [0, 0.1) is 0 Å². The third-order valence-corrected chi connectivity index (χ3v) is 1.95. The van der Waals surface area contributed by atoms with E-state index in [0.29, 0.717) is 32.8 Å². The van der Waals surface area contributed by atoms with Crippen LogP contribution in [0.3, 0.4) is 0 Å². The van der Waals surface area contributed by atoms with E-state index >= 15 is 0 Å². The first-order valence-corrected chi connectivity index (χ1v) is 5.43. The normalized spacial score (nSPS) is 12.1. The fourth-order valence-electron chi connectivity index (χ4n) is 1.05. The van der Waals surface area contributed by atoms with E-state index in [4.69, 9.17) is 15.2 Å². The minimum atomic E-state index is -0.494. The lowest BCUT2D eigenvalue weighted by Gasteiger charge is -2.10. The smallest absolute Gasteiger partial charge is 0.237 e. The van der Waals surface area contributed by atoms with Gasteiger partial charge in [-0.25, -0.2) is 0 Å². The third kappa shape index (κ3) is 8.40. The molecule has 3 N–H and O–H groups in total. The second kappa shape index (κ2) is 10.6. The van der Waals surface area contributed by atoms with Crippen molar-refractivity contribution in [1.29, 1.82) is 0 Å². The van der Waals surface area contributed by atoms with Gasteiger partial charge in [0.2, 0.25) is 5.91 Å². The summed E-state index contributed by atoms with van der Waals surface area (Å²) in [6, 6.07) is -0.494. The predicted molar refractivity (Wildman–Crippen MR) is 63.1 cm³/mol. The highest BCUT2D eigenvalue weighted by molar-refractivity contribution is 5.81. The number of methoxy groups -OCH3 is 1. The molecule has 0 aliphatic carbocycles.